The van der Waals surface area contributed by atoms with Crippen LogP contribution in [0.3, 0.4) is 0 Å². The van der Waals surface area contributed by atoms with Crippen molar-refractivity contribution < 1.29 is 14.7 Å². The number of amides is 2. The van der Waals surface area contributed by atoms with Gasteiger partial charge in [-0.15, -0.1) is 0 Å². The molecule has 1 saturated heterocycles. The van der Waals surface area contributed by atoms with Crippen LogP contribution in [0.2, 0.25) is 0 Å². The van der Waals surface area contributed by atoms with Crippen LogP contribution in [0.1, 0.15) is 26.7 Å². The van der Waals surface area contributed by atoms with Crippen molar-refractivity contribution in [2.24, 2.45) is 0 Å². The third kappa shape index (κ3) is 2.52. The lowest BCUT2D eigenvalue weighted by Gasteiger charge is -2.28. The fourth-order valence-electron chi connectivity index (χ4n) is 2.16. The van der Waals surface area contributed by atoms with Crippen LogP contribution < -0.4 is 0 Å². The van der Waals surface area contributed by atoms with Crippen LogP contribution in [0.25, 0.3) is 0 Å². The topological polar surface area (TPSA) is 60.9 Å². The average Bonchev–Trinajstić information content (AvgIpc) is 2.78. The number of nitrogens with zero attached hydrogens (tertiary/aromatic N) is 2. The molecule has 1 atom stereocenters. The maximum atomic E-state index is 12.1. The summed E-state index contributed by atoms with van der Waals surface area (Å²) >= 11 is 0. The van der Waals surface area contributed by atoms with Crippen molar-refractivity contribution in [1.82, 2.24) is 9.80 Å². The van der Waals surface area contributed by atoms with Gasteiger partial charge in [0.05, 0.1) is 0 Å². The van der Waals surface area contributed by atoms with Crippen LogP contribution in [0.4, 0.5) is 0 Å². The molecule has 0 radical (unpaired) electrons. The Kier molecular flexibility index (Phi) is 4.73. The first-order valence-electron chi connectivity index (χ1n) is 5.84. The van der Waals surface area contributed by atoms with E-state index < -0.39 is 6.61 Å². The molecule has 1 aliphatic rings. The molecule has 2 amide bonds. The Labute approximate surface area is 96.0 Å². The molecule has 1 aliphatic heterocycles. The van der Waals surface area contributed by atoms with Gasteiger partial charge in [-0.1, -0.05) is 0 Å². The predicted molar refractivity (Wildman–Crippen MR) is 59.7 cm³/mol. The predicted octanol–water partition coefficient (Wildman–Crippen LogP) is -0.162. The first-order chi connectivity index (χ1) is 7.65. The number of carbonyl (C=O) groups is 2. The molecule has 0 aromatic rings. The first-order valence-corrected chi connectivity index (χ1v) is 5.84. The number of likely N-dealkylation sites (tertiary alicyclic amines) is 1. The lowest BCUT2D eigenvalue weighted by Crippen LogP contribution is -2.48. The van der Waals surface area contributed by atoms with Crippen LogP contribution in [0.5, 0.6) is 0 Å². The third-order valence-electron chi connectivity index (χ3n) is 3.07. The van der Waals surface area contributed by atoms with Gasteiger partial charge in [0.25, 0.3) is 0 Å². The SMILES string of the molecule is CCN(CC)C(=O)C1CCCN1C(=O)CO. The Hall–Kier alpha value is -1.10. The maximum absolute atomic E-state index is 12.1. The fraction of sp³-hybridized carbons (Fsp3) is 0.818. The molecular formula is C11H20N2O3. The Morgan fingerprint density at radius 2 is 2.00 bits per heavy atom. The lowest BCUT2D eigenvalue weighted by atomic mass is 10.2. The van der Waals surface area contributed by atoms with Gasteiger partial charge in [0.15, 0.2) is 0 Å². The van der Waals surface area contributed by atoms with Gasteiger partial charge in [0.2, 0.25) is 11.8 Å². The number of hydrogen-bond acceptors (Lipinski definition) is 3. The monoisotopic (exact) mass is 228 g/mol. The van der Waals surface area contributed by atoms with Crippen LogP contribution >= 0.6 is 0 Å². The molecule has 0 spiro atoms. The zero-order valence-electron chi connectivity index (χ0n) is 9.98. The molecule has 1 heterocycles. The lowest BCUT2D eigenvalue weighted by molar-refractivity contribution is -0.145. The van der Waals surface area contributed by atoms with Gasteiger partial charge in [-0.3, -0.25) is 9.59 Å². The summed E-state index contributed by atoms with van der Waals surface area (Å²) in [6.07, 6.45) is 1.55. The maximum Gasteiger partial charge on any atom is 0.248 e. The van der Waals surface area contributed by atoms with E-state index in [1.54, 1.807) is 4.90 Å². The number of likely N-dealkylation sites (N-methyl/N-ethyl adjacent to an activating group) is 1. The van der Waals surface area contributed by atoms with Crippen molar-refractivity contribution in [2.45, 2.75) is 32.7 Å². The molecule has 0 aliphatic carbocycles. The summed E-state index contributed by atoms with van der Waals surface area (Å²) in [4.78, 5) is 26.8. The highest BCUT2D eigenvalue weighted by molar-refractivity contribution is 5.88. The van der Waals surface area contributed by atoms with E-state index in [1.165, 1.54) is 4.90 Å². The highest BCUT2D eigenvalue weighted by Crippen LogP contribution is 2.19. The van der Waals surface area contributed by atoms with E-state index in [1.807, 2.05) is 13.8 Å². The number of hydrogen-bond donors (Lipinski definition) is 1. The van der Waals surface area contributed by atoms with Crippen molar-refractivity contribution in [3.63, 3.8) is 0 Å². The smallest absolute Gasteiger partial charge is 0.248 e. The van der Waals surface area contributed by atoms with Gasteiger partial charge in [-0.05, 0) is 26.7 Å². The number of rotatable bonds is 4. The minimum Gasteiger partial charge on any atom is -0.387 e. The van der Waals surface area contributed by atoms with Crippen LogP contribution in [0, 0.1) is 0 Å². The summed E-state index contributed by atoms with van der Waals surface area (Å²) in [6.45, 7) is 5.24. The van der Waals surface area contributed by atoms with Gasteiger partial charge >= 0.3 is 0 Å². The van der Waals surface area contributed by atoms with E-state index in [0.717, 1.165) is 6.42 Å². The van der Waals surface area contributed by atoms with Gasteiger partial charge in [0, 0.05) is 19.6 Å². The summed E-state index contributed by atoms with van der Waals surface area (Å²) in [7, 11) is 0. The van der Waals surface area contributed by atoms with Crippen molar-refractivity contribution in [3.8, 4) is 0 Å². The molecule has 1 N–H and O–H groups in total. The summed E-state index contributed by atoms with van der Waals surface area (Å²) in [5.41, 5.74) is 0. The summed E-state index contributed by atoms with van der Waals surface area (Å²) in [5, 5.41) is 8.83. The van der Waals surface area contributed by atoms with Crippen LogP contribution in [-0.4, -0.2) is 59.0 Å². The quantitative estimate of drug-likeness (QED) is 0.727. The van der Waals surface area contributed by atoms with E-state index in [4.69, 9.17) is 5.11 Å². The molecule has 5 nitrogen and oxygen atoms in total. The fourth-order valence-corrected chi connectivity index (χ4v) is 2.16. The molecule has 0 saturated carbocycles. The Morgan fingerprint density at radius 3 is 2.50 bits per heavy atom. The minimum atomic E-state index is -0.512. The molecule has 1 unspecified atom stereocenters. The van der Waals surface area contributed by atoms with E-state index in [0.29, 0.717) is 26.1 Å². The number of aliphatic hydroxyl groups excluding tert-OH is 1. The second kappa shape index (κ2) is 5.84. The molecule has 0 aromatic carbocycles. The molecule has 1 fully saturated rings. The van der Waals surface area contributed by atoms with E-state index in [-0.39, 0.29) is 17.9 Å². The highest BCUT2D eigenvalue weighted by atomic mass is 16.3. The largest absolute Gasteiger partial charge is 0.387 e. The van der Waals surface area contributed by atoms with Crippen molar-refractivity contribution in [3.05, 3.63) is 0 Å². The molecular weight excluding hydrogens is 208 g/mol. The zero-order valence-corrected chi connectivity index (χ0v) is 9.98. The van der Waals surface area contributed by atoms with E-state index in [2.05, 4.69) is 0 Å². The van der Waals surface area contributed by atoms with Crippen LogP contribution in [0.15, 0.2) is 0 Å². The molecule has 5 heteroatoms. The van der Waals surface area contributed by atoms with E-state index >= 15 is 0 Å². The molecule has 0 aromatic heterocycles. The molecule has 0 bridgehead atoms. The Bertz CT molecular complexity index is 264. The third-order valence-corrected chi connectivity index (χ3v) is 3.07. The standard InChI is InChI=1S/C11H20N2O3/c1-3-12(4-2)11(16)9-6-5-7-13(9)10(15)8-14/h9,14H,3-8H2,1-2H3. The number of carbonyl (C=O) groups excluding carboxylic acids is 2. The van der Waals surface area contributed by atoms with Crippen molar-refractivity contribution >= 4 is 11.8 Å². The van der Waals surface area contributed by atoms with Crippen molar-refractivity contribution in [1.29, 1.82) is 0 Å². The van der Waals surface area contributed by atoms with Gasteiger partial charge in [-0.2, -0.15) is 0 Å². The molecule has 92 valence electrons. The van der Waals surface area contributed by atoms with Gasteiger partial charge < -0.3 is 14.9 Å². The second-order valence-corrected chi connectivity index (χ2v) is 3.91. The molecule has 1 rings (SSSR count). The van der Waals surface area contributed by atoms with Gasteiger partial charge in [0.1, 0.15) is 12.6 Å². The normalized spacial score (nSPS) is 19.9. The summed E-state index contributed by atoms with van der Waals surface area (Å²) in [5.74, 6) is -0.340. The number of aliphatic hydroxyl groups is 1. The van der Waals surface area contributed by atoms with Crippen LogP contribution in [-0.2, 0) is 9.59 Å². The van der Waals surface area contributed by atoms with Crippen molar-refractivity contribution in [2.75, 3.05) is 26.2 Å². The Balaban J connectivity index is 2.70. The minimum absolute atomic E-state index is 0.00398. The molecule has 16 heavy (non-hydrogen) atoms. The second-order valence-electron chi connectivity index (χ2n) is 3.91. The summed E-state index contributed by atoms with van der Waals surface area (Å²) < 4.78 is 0. The van der Waals surface area contributed by atoms with E-state index in [9.17, 15) is 9.59 Å². The first kappa shape index (κ1) is 13.0. The highest BCUT2D eigenvalue weighted by Gasteiger charge is 2.35. The van der Waals surface area contributed by atoms with Gasteiger partial charge in [-0.25, -0.2) is 0 Å². The summed E-state index contributed by atoms with van der Waals surface area (Å²) in [6, 6.07) is -0.362. The average molecular weight is 228 g/mol. The zero-order chi connectivity index (χ0) is 12.1. The Morgan fingerprint density at radius 1 is 1.38 bits per heavy atom.